The van der Waals surface area contributed by atoms with Crippen LogP contribution in [0.25, 0.3) is 17.0 Å². The topological polar surface area (TPSA) is 13.1 Å². The number of aryl methyl sites for hydroxylation is 1. The van der Waals surface area contributed by atoms with Crippen molar-refractivity contribution >= 4 is 17.0 Å². The molecule has 1 aromatic heterocycles. The number of para-hydroxylation sites is 1. The molecule has 84 valence electrons. The summed E-state index contributed by atoms with van der Waals surface area (Å²) in [5.41, 5.74) is 2.23. The summed E-state index contributed by atoms with van der Waals surface area (Å²) >= 11 is 0. The van der Waals surface area contributed by atoms with Crippen LogP contribution in [0.2, 0.25) is 0 Å². The highest BCUT2D eigenvalue weighted by molar-refractivity contribution is 5.88. The molecule has 0 aliphatic heterocycles. The van der Waals surface area contributed by atoms with Gasteiger partial charge in [0.2, 0.25) is 0 Å². The lowest BCUT2D eigenvalue weighted by Crippen LogP contribution is -1.81. The Morgan fingerprint density at radius 1 is 1.25 bits per heavy atom. The lowest BCUT2D eigenvalue weighted by Gasteiger charge is -1.96. The second-order valence-electron chi connectivity index (χ2n) is 4.39. The number of allylic oxidation sites excluding steroid dienone is 1. The van der Waals surface area contributed by atoms with Crippen LogP contribution in [0, 0.1) is 5.92 Å². The van der Waals surface area contributed by atoms with Gasteiger partial charge in [0, 0.05) is 17.4 Å². The maximum Gasteiger partial charge on any atom is 0.134 e. The van der Waals surface area contributed by atoms with Crippen molar-refractivity contribution in [1.82, 2.24) is 0 Å². The molecule has 0 aliphatic rings. The molecule has 0 radical (unpaired) electrons. The fourth-order valence-electron chi connectivity index (χ4n) is 1.85. The summed E-state index contributed by atoms with van der Waals surface area (Å²) in [6.07, 6.45) is 5.35. The molecule has 0 bridgehead atoms. The standard InChI is InChI=1S/C15H18O/c1-4-14-13(10-9-11(2)3)12-7-5-6-8-15(12)16-14/h5-11H,4H2,1-3H3/b10-9+. The highest BCUT2D eigenvalue weighted by Gasteiger charge is 2.09. The van der Waals surface area contributed by atoms with Crippen LogP contribution >= 0.6 is 0 Å². The Labute approximate surface area is 96.8 Å². The molecule has 2 aromatic rings. The zero-order valence-electron chi connectivity index (χ0n) is 10.2. The number of benzene rings is 1. The number of rotatable bonds is 3. The Morgan fingerprint density at radius 2 is 2.00 bits per heavy atom. The normalized spacial score (nSPS) is 12.0. The highest BCUT2D eigenvalue weighted by atomic mass is 16.3. The SMILES string of the molecule is CCc1oc2ccccc2c1/C=C/C(C)C. The molecule has 0 saturated heterocycles. The lowest BCUT2D eigenvalue weighted by molar-refractivity contribution is 0.556. The maximum absolute atomic E-state index is 5.83. The molecular formula is C15H18O. The molecule has 0 amide bonds. The lowest BCUT2D eigenvalue weighted by atomic mass is 10.1. The minimum Gasteiger partial charge on any atom is -0.460 e. The van der Waals surface area contributed by atoms with Gasteiger partial charge in [-0.3, -0.25) is 0 Å². The molecule has 0 aliphatic carbocycles. The Hall–Kier alpha value is -1.50. The smallest absolute Gasteiger partial charge is 0.134 e. The van der Waals surface area contributed by atoms with Crippen LogP contribution in [0.3, 0.4) is 0 Å². The predicted molar refractivity (Wildman–Crippen MR) is 69.5 cm³/mol. The third kappa shape index (κ3) is 2.04. The van der Waals surface area contributed by atoms with Gasteiger partial charge in [-0.2, -0.15) is 0 Å². The van der Waals surface area contributed by atoms with Gasteiger partial charge < -0.3 is 4.42 Å². The van der Waals surface area contributed by atoms with Crippen molar-refractivity contribution in [3.63, 3.8) is 0 Å². The second-order valence-corrected chi connectivity index (χ2v) is 4.39. The third-order valence-corrected chi connectivity index (χ3v) is 2.68. The van der Waals surface area contributed by atoms with Crippen LogP contribution in [-0.2, 0) is 6.42 Å². The summed E-state index contributed by atoms with van der Waals surface area (Å²) in [7, 11) is 0. The van der Waals surface area contributed by atoms with Crippen molar-refractivity contribution in [2.24, 2.45) is 5.92 Å². The van der Waals surface area contributed by atoms with Gasteiger partial charge in [0.25, 0.3) is 0 Å². The van der Waals surface area contributed by atoms with Crippen LogP contribution in [0.5, 0.6) is 0 Å². The number of fused-ring (bicyclic) bond motifs is 1. The predicted octanol–water partition coefficient (Wildman–Crippen LogP) is 4.66. The fourth-order valence-corrected chi connectivity index (χ4v) is 1.85. The third-order valence-electron chi connectivity index (χ3n) is 2.68. The summed E-state index contributed by atoms with van der Waals surface area (Å²) in [6.45, 7) is 6.50. The minimum absolute atomic E-state index is 0.568. The number of hydrogen-bond acceptors (Lipinski definition) is 1. The summed E-state index contributed by atoms with van der Waals surface area (Å²) in [6, 6.07) is 8.23. The largest absolute Gasteiger partial charge is 0.460 e. The van der Waals surface area contributed by atoms with E-state index in [1.54, 1.807) is 0 Å². The molecule has 1 nitrogen and oxygen atoms in total. The monoisotopic (exact) mass is 214 g/mol. The van der Waals surface area contributed by atoms with Gasteiger partial charge in [-0.15, -0.1) is 0 Å². The van der Waals surface area contributed by atoms with E-state index in [9.17, 15) is 0 Å². The molecule has 1 heterocycles. The van der Waals surface area contributed by atoms with Crippen molar-refractivity contribution in [3.05, 3.63) is 41.7 Å². The van der Waals surface area contributed by atoms with E-state index in [2.05, 4.69) is 45.1 Å². The second kappa shape index (κ2) is 4.56. The first-order valence-electron chi connectivity index (χ1n) is 5.91. The molecule has 0 atom stereocenters. The zero-order chi connectivity index (χ0) is 11.5. The Balaban J connectivity index is 2.56. The van der Waals surface area contributed by atoms with Gasteiger partial charge in [0.15, 0.2) is 0 Å². The van der Waals surface area contributed by atoms with Crippen molar-refractivity contribution in [2.75, 3.05) is 0 Å². The van der Waals surface area contributed by atoms with Gasteiger partial charge in [0.1, 0.15) is 11.3 Å². The molecule has 1 heteroatoms. The van der Waals surface area contributed by atoms with Gasteiger partial charge in [-0.05, 0) is 12.0 Å². The van der Waals surface area contributed by atoms with Crippen molar-refractivity contribution in [1.29, 1.82) is 0 Å². The van der Waals surface area contributed by atoms with E-state index < -0.39 is 0 Å². The first-order valence-corrected chi connectivity index (χ1v) is 5.91. The van der Waals surface area contributed by atoms with Gasteiger partial charge >= 0.3 is 0 Å². The molecule has 0 saturated carbocycles. The van der Waals surface area contributed by atoms with E-state index in [4.69, 9.17) is 4.42 Å². The van der Waals surface area contributed by atoms with E-state index in [1.165, 1.54) is 10.9 Å². The summed E-state index contributed by atoms with van der Waals surface area (Å²) in [5, 5.41) is 1.22. The zero-order valence-corrected chi connectivity index (χ0v) is 10.2. The molecule has 0 N–H and O–H groups in total. The first-order chi connectivity index (χ1) is 7.72. The van der Waals surface area contributed by atoms with Gasteiger partial charge in [-0.1, -0.05) is 51.1 Å². The van der Waals surface area contributed by atoms with Crippen molar-refractivity contribution in [3.8, 4) is 0 Å². The van der Waals surface area contributed by atoms with E-state index in [0.717, 1.165) is 17.8 Å². The molecule has 0 fully saturated rings. The average Bonchev–Trinajstić information content (AvgIpc) is 2.64. The number of hydrogen-bond donors (Lipinski definition) is 0. The van der Waals surface area contributed by atoms with E-state index in [1.807, 2.05) is 12.1 Å². The molecule has 1 aromatic carbocycles. The maximum atomic E-state index is 5.83. The van der Waals surface area contributed by atoms with Gasteiger partial charge in [0.05, 0.1) is 0 Å². The average molecular weight is 214 g/mol. The Bertz CT molecular complexity index is 503. The van der Waals surface area contributed by atoms with Crippen LogP contribution in [0.4, 0.5) is 0 Å². The molecule has 2 rings (SSSR count). The molecule has 0 spiro atoms. The van der Waals surface area contributed by atoms with Crippen LogP contribution in [-0.4, -0.2) is 0 Å². The summed E-state index contributed by atoms with van der Waals surface area (Å²) in [5.74, 6) is 1.65. The van der Waals surface area contributed by atoms with E-state index >= 15 is 0 Å². The molecular weight excluding hydrogens is 196 g/mol. The van der Waals surface area contributed by atoms with Crippen molar-refractivity contribution in [2.45, 2.75) is 27.2 Å². The first kappa shape index (κ1) is 11.0. The van der Waals surface area contributed by atoms with Crippen LogP contribution in [0.1, 0.15) is 32.1 Å². The molecule has 16 heavy (non-hydrogen) atoms. The van der Waals surface area contributed by atoms with E-state index in [0.29, 0.717) is 5.92 Å². The summed E-state index contributed by atoms with van der Waals surface area (Å²) in [4.78, 5) is 0. The van der Waals surface area contributed by atoms with Crippen molar-refractivity contribution < 1.29 is 4.42 Å². The quantitative estimate of drug-likeness (QED) is 0.724. The fraction of sp³-hybridized carbons (Fsp3) is 0.333. The van der Waals surface area contributed by atoms with Gasteiger partial charge in [-0.25, -0.2) is 0 Å². The van der Waals surface area contributed by atoms with Crippen LogP contribution in [0.15, 0.2) is 34.8 Å². The Morgan fingerprint density at radius 3 is 2.69 bits per heavy atom. The summed E-state index contributed by atoms with van der Waals surface area (Å²) < 4.78 is 5.83. The highest BCUT2D eigenvalue weighted by Crippen LogP contribution is 2.27. The molecule has 0 unspecified atom stereocenters. The van der Waals surface area contributed by atoms with Crippen LogP contribution < -0.4 is 0 Å². The number of furan rings is 1. The minimum atomic E-state index is 0.568. The van der Waals surface area contributed by atoms with E-state index in [-0.39, 0.29) is 0 Å². The Kier molecular flexibility index (Phi) is 3.14.